The molecule has 0 amide bonds. The van der Waals surface area contributed by atoms with Crippen molar-refractivity contribution in [3.8, 4) is 0 Å². The van der Waals surface area contributed by atoms with Crippen molar-refractivity contribution in [3.05, 3.63) is 59.4 Å². The second kappa shape index (κ2) is 5.75. The Bertz CT molecular complexity index is 680. The molecule has 0 fully saturated rings. The zero-order valence-corrected chi connectivity index (χ0v) is 11.4. The number of carboxylic acids is 1. The van der Waals surface area contributed by atoms with Gasteiger partial charge < -0.3 is 10.0 Å². The fourth-order valence-corrected chi connectivity index (χ4v) is 2.41. The first-order valence-corrected chi connectivity index (χ1v) is 6.77. The summed E-state index contributed by atoms with van der Waals surface area (Å²) in [5.41, 5.74) is 3.37. The zero-order chi connectivity index (χ0) is 14.7. The van der Waals surface area contributed by atoms with Crippen LogP contribution in [0.1, 0.15) is 16.7 Å². The fourth-order valence-electron chi connectivity index (χ4n) is 2.41. The molecule has 0 saturated carbocycles. The maximum Gasteiger partial charge on any atom is 0.328 e. The number of nitrogens with zero attached hydrogens (tertiary/aromatic N) is 3. The molecule has 0 bridgehead atoms. The van der Waals surface area contributed by atoms with Gasteiger partial charge in [-0.1, -0.05) is 24.3 Å². The molecule has 5 nitrogen and oxygen atoms in total. The summed E-state index contributed by atoms with van der Waals surface area (Å²) in [5.74, 6) is -0.302. The molecule has 21 heavy (non-hydrogen) atoms. The lowest BCUT2D eigenvalue weighted by molar-refractivity contribution is -0.131. The number of benzene rings is 1. The molecule has 1 aromatic heterocycles. The van der Waals surface area contributed by atoms with Crippen LogP contribution in [0.5, 0.6) is 0 Å². The quantitative estimate of drug-likeness (QED) is 0.873. The molecule has 0 radical (unpaired) electrons. The van der Waals surface area contributed by atoms with Crippen molar-refractivity contribution in [1.29, 1.82) is 0 Å². The molecule has 106 valence electrons. The third kappa shape index (κ3) is 3.08. The van der Waals surface area contributed by atoms with Crippen LogP contribution in [0.2, 0.25) is 0 Å². The number of aromatic nitrogens is 2. The van der Waals surface area contributed by atoms with Gasteiger partial charge in [0.1, 0.15) is 0 Å². The second-order valence-electron chi connectivity index (χ2n) is 4.93. The topological polar surface area (TPSA) is 66.3 Å². The number of anilines is 1. The van der Waals surface area contributed by atoms with Crippen LogP contribution < -0.4 is 4.90 Å². The van der Waals surface area contributed by atoms with E-state index in [0.29, 0.717) is 11.5 Å². The number of fused-ring (bicyclic) bond motifs is 1. The number of carboxylic acid groups (broad SMARTS) is 1. The summed E-state index contributed by atoms with van der Waals surface area (Å²) in [6, 6.07) is 8.40. The van der Waals surface area contributed by atoms with Gasteiger partial charge in [-0.25, -0.2) is 14.8 Å². The summed E-state index contributed by atoms with van der Waals surface area (Å²) < 4.78 is 0. The molecule has 0 saturated heterocycles. The molecule has 2 heterocycles. The van der Waals surface area contributed by atoms with Crippen LogP contribution in [-0.4, -0.2) is 27.6 Å². The van der Waals surface area contributed by atoms with E-state index in [1.54, 1.807) is 12.4 Å². The number of hydrogen-bond acceptors (Lipinski definition) is 4. The van der Waals surface area contributed by atoms with Gasteiger partial charge in [-0.2, -0.15) is 0 Å². The summed E-state index contributed by atoms with van der Waals surface area (Å²) in [7, 11) is 0. The summed E-state index contributed by atoms with van der Waals surface area (Å²) >= 11 is 0. The third-order valence-electron chi connectivity index (χ3n) is 3.49. The molecule has 0 atom stereocenters. The predicted molar refractivity (Wildman–Crippen MR) is 79.9 cm³/mol. The van der Waals surface area contributed by atoms with Crippen LogP contribution in [-0.2, 0) is 17.8 Å². The van der Waals surface area contributed by atoms with E-state index >= 15 is 0 Å². The monoisotopic (exact) mass is 281 g/mol. The number of aliphatic carboxylic acids is 1. The maximum atomic E-state index is 10.5. The number of carbonyl (C=O) groups is 1. The molecule has 5 heteroatoms. The van der Waals surface area contributed by atoms with Gasteiger partial charge in [-0.05, 0) is 23.6 Å². The van der Waals surface area contributed by atoms with Crippen LogP contribution in [0.3, 0.4) is 0 Å². The average molecular weight is 281 g/mol. The van der Waals surface area contributed by atoms with Crippen molar-refractivity contribution >= 4 is 18.0 Å². The van der Waals surface area contributed by atoms with E-state index in [1.165, 1.54) is 17.2 Å². The van der Waals surface area contributed by atoms with Crippen LogP contribution in [0.15, 0.2) is 42.7 Å². The Hall–Kier alpha value is -2.69. The van der Waals surface area contributed by atoms with Gasteiger partial charge in [0.05, 0.1) is 0 Å². The number of hydrogen-bond donors (Lipinski definition) is 1. The second-order valence-corrected chi connectivity index (χ2v) is 4.93. The van der Waals surface area contributed by atoms with Crippen molar-refractivity contribution in [2.45, 2.75) is 13.0 Å². The Labute approximate surface area is 122 Å². The van der Waals surface area contributed by atoms with Crippen molar-refractivity contribution in [1.82, 2.24) is 9.97 Å². The van der Waals surface area contributed by atoms with Crippen LogP contribution in [0.4, 0.5) is 5.95 Å². The van der Waals surface area contributed by atoms with Crippen molar-refractivity contribution in [2.75, 3.05) is 11.4 Å². The molecule has 0 unspecified atom stereocenters. The Kier molecular flexibility index (Phi) is 3.64. The lowest BCUT2D eigenvalue weighted by atomic mass is 10.0. The van der Waals surface area contributed by atoms with Crippen molar-refractivity contribution in [2.24, 2.45) is 0 Å². The molecule has 1 aliphatic rings. The third-order valence-corrected chi connectivity index (χ3v) is 3.49. The minimum Gasteiger partial charge on any atom is -0.478 e. The summed E-state index contributed by atoms with van der Waals surface area (Å²) in [5, 5.41) is 8.59. The lowest BCUT2D eigenvalue weighted by Gasteiger charge is -2.28. The Balaban J connectivity index is 1.75. The van der Waals surface area contributed by atoms with E-state index in [0.717, 1.165) is 25.6 Å². The van der Waals surface area contributed by atoms with Gasteiger partial charge >= 0.3 is 5.97 Å². The predicted octanol–water partition coefficient (Wildman–Crippen LogP) is 2.14. The van der Waals surface area contributed by atoms with Crippen LogP contribution in [0.25, 0.3) is 6.08 Å². The first kappa shape index (κ1) is 13.3. The smallest absolute Gasteiger partial charge is 0.328 e. The Morgan fingerprint density at radius 2 is 1.90 bits per heavy atom. The van der Waals surface area contributed by atoms with Gasteiger partial charge in [0, 0.05) is 37.1 Å². The highest BCUT2D eigenvalue weighted by atomic mass is 16.4. The molecular weight excluding hydrogens is 266 g/mol. The standard InChI is InChI=1S/C16H15N3O2/c20-15(21)6-5-12-9-17-16(18-10-12)19-8-7-13-3-1-2-4-14(13)11-19/h1-6,9-10H,7-8,11H2,(H,20,21)/b6-5+. The van der Waals surface area contributed by atoms with E-state index in [9.17, 15) is 4.79 Å². The van der Waals surface area contributed by atoms with Gasteiger partial charge in [0.15, 0.2) is 0 Å². The Morgan fingerprint density at radius 3 is 2.62 bits per heavy atom. The molecule has 1 N–H and O–H groups in total. The molecule has 0 spiro atoms. The first-order valence-electron chi connectivity index (χ1n) is 6.77. The highest BCUT2D eigenvalue weighted by Crippen LogP contribution is 2.21. The zero-order valence-electron chi connectivity index (χ0n) is 11.4. The van der Waals surface area contributed by atoms with E-state index < -0.39 is 5.97 Å². The van der Waals surface area contributed by atoms with Crippen LogP contribution in [0, 0.1) is 0 Å². The highest BCUT2D eigenvalue weighted by molar-refractivity contribution is 5.85. The highest BCUT2D eigenvalue weighted by Gasteiger charge is 2.17. The molecule has 3 rings (SSSR count). The van der Waals surface area contributed by atoms with Gasteiger partial charge in [-0.3, -0.25) is 0 Å². The van der Waals surface area contributed by atoms with E-state index in [1.807, 2.05) is 6.07 Å². The van der Waals surface area contributed by atoms with Crippen molar-refractivity contribution < 1.29 is 9.90 Å². The van der Waals surface area contributed by atoms with E-state index in [-0.39, 0.29) is 0 Å². The minimum absolute atomic E-state index is 0.678. The van der Waals surface area contributed by atoms with E-state index in [4.69, 9.17) is 5.11 Å². The maximum absolute atomic E-state index is 10.5. The summed E-state index contributed by atoms with van der Waals surface area (Å²) in [6.45, 7) is 1.70. The minimum atomic E-state index is -0.980. The lowest BCUT2D eigenvalue weighted by Crippen LogP contribution is -2.31. The number of rotatable bonds is 3. The summed E-state index contributed by atoms with van der Waals surface area (Å²) in [4.78, 5) is 21.2. The molecule has 2 aromatic rings. The molecule has 0 aliphatic carbocycles. The molecule has 1 aromatic carbocycles. The first-order chi connectivity index (χ1) is 10.2. The van der Waals surface area contributed by atoms with Gasteiger partial charge in [0.2, 0.25) is 5.95 Å². The normalized spacial score (nSPS) is 14.2. The molecular formula is C16H15N3O2. The van der Waals surface area contributed by atoms with Gasteiger partial charge in [0.25, 0.3) is 0 Å². The largest absolute Gasteiger partial charge is 0.478 e. The van der Waals surface area contributed by atoms with Crippen LogP contribution >= 0.6 is 0 Å². The average Bonchev–Trinajstić information content (AvgIpc) is 2.53. The van der Waals surface area contributed by atoms with E-state index in [2.05, 4.69) is 33.1 Å². The summed E-state index contributed by atoms with van der Waals surface area (Å²) in [6.07, 6.45) is 6.83. The van der Waals surface area contributed by atoms with Crippen molar-refractivity contribution in [3.63, 3.8) is 0 Å². The fraction of sp³-hybridized carbons (Fsp3) is 0.188. The van der Waals surface area contributed by atoms with Gasteiger partial charge in [-0.15, -0.1) is 0 Å². The Morgan fingerprint density at radius 1 is 1.19 bits per heavy atom. The SMILES string of the molecule is O=C(O)/C=C/c1cnc(N2CCc3ccccc3C2)nc1. The molecule has 1 aliphatic heterocycles.